The zero-order valence-electron chi connectivity index (χ0n) is 14.5. The molecule has 1 heterocycles. The molecule has 1 aliphatic rings. The Morgan fingerprint density at radius 3 is 2.50 bits per heavy atom. The van der Waals surface area contributed by atoms with Gasteiger partial charge < -0.3 is 36.1 Å². The second kappa shape index (κ2) is 6.20. The lowest BCUT2D eigenvalue weighted by molar-refractivity contribution is -0.135. The molecular formula is C14H18B2FN3O6. The van der Waals surface area contributed by atoms with Gasteiger partial charge >= 0.3 is 0 Å². The Hall–Kier alpha value is -2.75. The molecule has 2 amide bonds. The van der Waals surface area contributed by atoms with E-state index in [4.69, 9.17) is 5.73 Å². The van der Waals surface area contributed by atoms with Crippen molar-refractivity contribution in [1.29, 1.82) is 0 Å². The minimum atomic E-state index is -1.99. The number of aliphatic hydroxyl groups is 1. The number of phenols is 2. The number of benzene rings is 1. The van der Waals surface area contributed by atoms with Gasteiger partial charge in [0.05, 0.1) is 16.8 Å². The van der Waals surface area contributed by atoms with E-state index < -0.39 is 57.7 Å². The molecule has 2 atom stereocenters. The zero-order valence-corrected chi connectivity index (χ0v) is 14.5. The Morgan fingerprint density at radius 1 is 1.42 bits per heavy atom. The number of rotatable bonds is 5. The first kappa shape index (κ1) is 19.6. The van der Waals surface area contributed by atoms with Gasteiger partial charge in [-0.15, -0.1) is 0 Å². The van der Waals surface area contributed by atoms with Crippen LogP contribution in [0.15, 0.2) is 0 Å². The Morgan fingerprint density at radius 2 is 2.00 bits per heavy atom. The number of carbonyl (C=O) groups is 3. The van der Waals surface area contributed by atoms with Crippen LogP contribution in [0.1, 0.15) is 22.3 Å². The van der Waals surface area contributed by atoms with Crippen LogP contribution in [0.4, 0.5) is 10.1 Å². The van der Waals surface area contributed by atoms with E-state index in [1.165, 1.54) is 22.7 Å². The molecule has 0 bridgehead atoms. The van der Waals surface area contributed by atoms with Crippen LogP contribution in [-0.4, -0.2) is 72.0 Å². The topological polar surface area (TPSA) is 153 Å². The minimum Gasteiger partial charge on any atom is -0.504 e. The quantitative estimate of drug-likeness (QED) is 0.121. The van der Waals surface area contributed by atoms with E-state index in [9.17, 15) is 34.1 Å². The van der Waals surface area contributed by atoms with Crippen molar-refractivity contribution in [2.45, 2.75) is 23.9 Å². The van der Waals surface area contributed by atoms with Crippen molar-refractivity contribution >= 4 is 39.5 Å². The number of amides is 2. The molecule has 6 N–H and O–H groups in total. The Labute approximate surface area is 149 Å². The lowest BCUT2D eigenvalue weighted by Crippen LogP contribution is -2.72. The highest BCUT2D eigenvalue weighted by Crippen LogP contribution is 2.45. The van der Waals surface area contributed by atoms with E-state index in [-0.39, 0.29) is 12.1 Å². The molecule has 9 nitrogen and oxygen atoms in total. The van der Waals surface area contributed by atoms with Gasteiger partial charge in [-0.05, 0) is 0 Å². The number of nitrogens with two attached hydrogens (primary N) is 1. The van der Waals surface area contributed by atoms with Crippen molar-refractivity contribution in [1.82, 2.24) is 10.2 Å². The predicted octanol–water partition coefficient (Wildman–Crippen LogP) is -3.24. The van der Waals surface area contributed by atoms with Gasteiger partial charge in [0.15, 0.2) is 11.5 Å². The fourth-order valence-corrected chi connectivity index (χ4v) is 3.14. The number of anilines is 1. The minimum absolute atomic E-state index is 0.0802. The first-order chi connectivity index (χ1) is 12.0. The molecule has 1 aliphatic heterocycles. The molecule has 2 rings (SSSR count). The van der Waals surface area contributed by atoms with Gasteiger partial charge in [0.25, 0.3) is 5.91 Å². The Balaban J connectivity index is 2.69. The summed E-state index contributed by atoms with van der Waals surface area (Å²) < 4.78 is 13.9. The van der Waals surface area contributed by atoms with Gasteiger partial charge in [0.1, 0.15) is 27.4 Å². The lowest BCUT2D eigenvalue weighted by Gasteiger charge is -2.47. The van der Waals surface area contributed by atoms with Crippen LogP contribution in [0.2, 0.25) is 0 Å². The number of nitrogens with one attached hydrogen (secondary N) is 1. The molecule has 1 aromatic rings. The van der Waals surface area contributed by atoms with E-state index in [0.717, 1.165) is 4.90 Å². The van der Waals surface area contributed by atoms with Crippen molar-refractivity contribution in [3.63, 3.8) is 0 Å². The van der Waals surface area contributed by atoms with Crippen molar-refractivity contribution in [2.75, 3.05) is 12.8 Å². The third kappa shape index (κ3) is 2.40. The van der Waals surface area contributed by atoms with Crippen molar-refractivity contribution in [2.24, 2.45) is 0 Å². The lowest BCUT2D eigenvalue weighted by atomic mass is 9.53. The number of carbonyl (C=O) groups excluding carboxylic acids is 3. The number of phenolic OH excluding ortho intramolecular Hbond substituents is 2. The van der Waals surface area contributed by atoms with E-state index in [1.54, 1.807) is 0 Å². The maximum absolute atomic E-state index is 13.9. The number of aldehydes is 1. The summed E-state index contributed by atoms with van der Waals surface area (Å²) in [5.74, 6) is -5.34. The average Bonchev–Trinajstić information content (AvgIpc) is 2.94. The van der Waals surface area contributed by atoms with Crippen LogP contribution in [0.25, 0.3) is 0 Å². The summed E-state index contributed by atoms with van der Waals surface area (Å²) in [6, 6.07) is 0. The highest BCUT2D eigenvalue weighted by molar-refractivity contribution is 6.37. The first-order valence-electron chi connectivity index (χ1n) is 7.67. The molecule has 0 radical (unpaired) electrons. The number of hydrogen-bond donors (Lipinski definition) is 5. The van der Waals surface area contributed by atoms with Gasteiger partial charge in [-0.25, -0.2) is 0 Å². The average molecular weight is 365 g/mol. The van der Waals surface area contributed by atoms with Gasteiger partial charge in [-0.3, -0.25) is 9.59 Å². The largest absolute Gasteiger partial charge is 0.504 e. The third-order valence-corrected chi connectivity index (χ3v) is 5.05. The number of fused-ring (bicyclic) bond motifs is 1. The Bertz CT molecular complexity index is 819. The highest BCUT2D eigenvalue weighted by atomic mass is 19.1. The molecule has 138 valence electrons. The SMILES string of the molecule is BC(O)(CC=O)C(B)(C(=O)NC)N1Cc2c(N)c(O)c(F)c(O)c2C1=O. The van der Waals surface area contributed by atoms with Gasteiger partial charge in [-0.2, -0.15) is 4.39 Å². The third-order valence-electron chi connectivity index (χ3n) is 5.05. The molecule has 1 aromatic carbocycles. The molecule has 0 aromatic heterocycles. The maximum atomic E-state index is 13.9. The Kier molecular flexibility index (Phi) is 4.67. The van der Waals surface area contributed by atoms with E-state index in [2.05, 4.69) is 5.32 Å². The summed E-state index contributed by atoms with van der Waals surface area (Å²) in [7, 11) is 3.72. The predicted molar refractivity (Wildman–Crippen MR) is 93.5 cm³/mol. The summed E-state index contributed by atoms with van der Waals surface area (Å²) >= 11 is 0. The number of nitrogen functional groups attached to an aromatic ring is 1. The summed E-state index contributed by atoms with van der Waals surface area (Å²) in [5, 5.41) is 32.6. The number of aromatic hydroxyl groups is 2. The molecule has 0 spiro atoms. The summed E-state index contributed by atoms with van der Waals surface area (Å²) in [4.78, 5) is 37.2. The highest BCUT2D eigenvalue weighted by Gasteiger charge is 2.56. The second-order valence-corrected chi connectivity index (χ2v) is 6.47. The molecular weight excluding hydrogens is 347 g/mol. The summed E-state index contributed by atoms with van der Waals surface area (Å²) in [6.07, 6.45) is -0.0790. The molecule has 0 fully saturated rings. The molecule has 0 saturated carbocycles. The van der Waals surface area contributed by atoms with Crippen LogP contribution in [-0.2, 0) is 16.1 Å². The molecule has 2 unspecified atom stereocenters. The van der Waals surface area contributed by atoms with Gasteiger partial charge in [0, 0.05) is 25.6 Å². The van der Waals surface area contributed by atoms with Crippen LogP contribution in [0.3, 0.4) is 0 Å². The molecule has 26 heavy (non-hydrogen) atoms. The standard InChI is InChI=1S/C14H18B2FN3O6/c1-19-12(25)14(16,13(15,26)2-3-21)20-4-5-6(11(20)24)9(22)7(17)10(23)8(5)18/h3,22-23,26H,2,4,15-16,18H2,1H3,(H,19,25). The molecule has 0 aliphatic carbocycles. The van der Waals surface area contributed by atoms with Gasteiger partial charge in [-0.1, -0.05) is 0 Å². The van der Waals surface area contributed by atoms with E-state index in [0.29, 0.717) is 6.29 Å². The monoisotopic (exact) mass is 365 g/mol. The normalized spacial score (nSPS) is 18.0. The summed E-state index contributed by atoms with van der Waals surface area (Å²) in [6.45, 7) is -0.389. The molecule has 0 saturated heterocycles. The van der Waals surface area contributed by atoms with Crippen LogP contribution in [0.5, 0.6) is 11.5 Å². The van der Waals surface area contributed by atoms with Crippen LogP contribution < -0.4 is 11.1 Å². The maximum Gasteiger partial charge on any atom is 0.258 e. The van der Waals surface area contributed by atoms with Crippen molar-refractivity contribution in [3.8, 4) is 11.5 Å². The van der Waals surface area contributed by atoms with Gasteiger partial charge in [0.2, 0.25) is 11.7 Å². The zero-order chi connectivity index (χ0) is 20.0. The fourth-order valence-electron chi connectivity index (χ4n) is 3.14. The first-order valence-corrected chi connectivity index (χ1v) is 7.67. The van der Waals surface area contributed by atoms with E-state index >= 15 is 0 Å². The molecule has 12 heteroatoms. The number of likely N-dealkylation sites (N-methyl/N-ethyl adjacent to an activating group) is 1. The van der Waals surface area contributed by atoms with Crippen molar-refractivity contribution in [3.05, 3.63) is 16.9 Å². The van der Waals surface area contributed by atoms with Crippen molar-refractivity contribution < 1.29 is 34.1 Å². The van der Waals surface area contributed by atoms with Crippen LogP contribution >= 0.6 is 0 Å². The van der Waals surface area contributed by atoms with E-state index in [1.807, 2.05) is 0 Å². The van der Waals surface area contributed by atoms with Crippen LogP contribution in [0, 0.1) is 5.82 Å². The smallest absolute Gasteiger partial charge is 0.258 e. The second-order valence-electron chi connectivity index (χ2n) is 6.47. The summed E-state index contributed by atoms with van der Waals surface area (Å²) in [5.41, 5.74) is 0.662. The number of nitrogens with zero attached hydrogens (tertiary/aromatic N) is 1. The number of halogens is 1. The number of hydrogen-bond acceptors (Lipinski definition) is 7. The fraction of sp³-hybridized carbons (Fsp3) is 0.357.